The second-order valence-electron chi connectivity index (χ2n) is 8.63. The molecule has 0 spiro atoms. The Kier molecular flexibility index (Phi) is 6.13. The predicted octanol–water partition coefficient (Wildman–Crippen LogP) is 5.33. The zero-order valence-corrected chi connectivity index (χ0v) is 19.4. The Bertz CT molecular complexity index is 1220. The Hall–Kier alpha value is -3.19. The van der Waals surface area contributed by atoms with E-state index in [1.807, 2.05) is 6.07 Å². The molecule has 33 heavy (non-hydrogen) atoms. The number of aryl methyl sites for hydroxylation is 3. The molecule has 2 aliphatic carbocycles. The van der Waals surface area contributed by atoms with Gasteiger partial charge in [-0.05, 0) is 74.1 Å². The molecule has 2 aromatic heterocycles. The van der Waals surface area contributed by atoms with Crippen LogP contribution in [0, 0.1) is 0 Å². The smallest absolute Gasteiger partial charge is 0.278 e. The average molecular weight is 462 g/mol. The molecule has 0 saturated heterocycles. The fourth-order valence-electron chi connectivity index (χ4n) is 4.72. The number of anilines is 1. The molecule has 0 unspecified atom stereocenters. The quantitative estimate of drug-likeness (QED) is 0.486. The molecule has 3 aromatic rings. The van der Waals surface area contributed by atoms with E-state index in [4.69, 9.17) is 4.52 Å². The number of benzene rings is 1. The number of fused-ring (bicyclic) bond motifs is 2. The lowest BCUT2D eigenvalue weighted by Crippen LogP contribution is -2.26. The summed E-state index contributed by atoms with van der Waals surface area (Å²) in [5.74, 6) is 0.0155. The van der Waals surface area contributed by atoms with E-state index in [0.29, 0.717) is 22.9 Å². The SMILES string of the molecule is C=CCNC(=O)c1c(NC(=O)c2cc(-c3ccc4c(c3)CCCC4)on2)sc2c1CCCC2. The highest BCUT2D eigenvalue weighted by molar-refractivity contribution is 7.17. The first-order chi connectivity index (χ1) is 16.1. The van der Waals surface area contributed by atoms with Crippen LogP contribution in [0.2, 0.25) is 0 Å². The molecule has 2 amide bonds. The summed E-state index contributed by atoms with van der Waals surface area (Å²) >= 11 is 1.49. The van der Waals surface area contributed by atoms with Gasteiger partial charge >= 0.3 is 0 Å². The first-order valence-corrected chi connectivity index (χ1v) is 12.4. The van der Waals surface area contributed by atoms with Gasteiger partial charge in [-0.1, -0.05) is 23.4 Å². The summed E-state index contributed by atoms with van der Waals surface area (Å²) in [4.78, 5) is 27.0. The van der Waals surface area contributed by atoms with Crippen molar-refractivity contribution in [2.45, 2.75) is 51.4 Å². The Morgan fingerprint density at radius 1 is 1.03 bits per heavy atom. The van der Waals surface area contributed by atoms with Crippen LogP contribution in [-0.2, 0) is 25.7 Å². The fraction of sp³-hybridized carbons (Fsp3) is 0.346. The monoisotopic (exact) mass is 461 g/mol. The number of carbonyl (C=O) groups is 2. The zero-order chi connectivity index (χ0) is 22.8. The summed E-state index contributed by atoms with van der Waals surface area (Å²) in [6.07, 6.45) is 10.2. The van der Waals surface area contributed by atoms with Gasteiger partial charge in [0.05, 0.1) is 5.56 Å². The first-order valence-electron chi connectivity index (χ1n) is 11.6. The minimum Gasteiger partial charge on any atom is -0.355 e. The highest BCUT2D eigenvalue weighted by Crippen LogP contribution is 2.38. The molecular formula is C26H27N3O3S. The number of nitrogens with zero attached hydrogens (tertiary/aromatic N) is 1. The van der Waals surface area contributed by atoms with Gasteiger partial charge in [-0.25, -0.2) is 0 Å². The number of hydrogen-bond donors (Lipinski definition) is 2. The molecule has 6 nitrogen and oxygen atoms in total. The lowest BCUT2D eigenvalue weighted by atomic mass is 9.90. The van der Waals surface area contributed by atoms with Crippen LogP contribution in [0.5, 0.6) is 0 Å². The standard InChI is InChI=1S/C26H27N3O3S/c1-2-13-27-25(31)23-19-9-5-6-10-22(19)33-26(23)28-24(30)20-15-21(32-29-20)18-12-11-16-7-3-4-8-17(16)14-18/h2,11-12,14-15H,1,3-10,13H2,(H,27,31)(H,28,30). The van der Waals surface area contributed by atoms with Crippen LogP contribution < -0.4 is 10.6 Å². The third-order valence-corrected chi connectivity index (χ3v) is 7.62. The maximum Gasteiger partial charge on any atom is 0.278 e. The predicted molar refractivity (Wildman–Crippen MR) is 130 cm³/mol. The van der Waals surface area contributed by atoms with Crippen molar-refractivity contribution >= 4 is 28.2 Å². The van der Waals surface area contributed by atoms with E-state index in [-0.39, 0.29) is 17.5 Å². The molecule has 0 fully saturated rings. The van der Waals surface area contributed by atoms with Crippen LogP contribution in [0.15, 0.2) is 41.4 Å². The zero-order valence-electron chi connectivity index (χ0n) is 18.5. The van der Waals surface area contributed by atoms with E-state index in [9.17, 15) is 9.59 Å². The Morgan fingerprint density at radius 2 is 1.82 bits per heavy atom. The minimum atomic E-state index is -0.376. The summed E-state index contributed by atoms with van der Waals surface area (Å²) in [6.45, 7) is 4.04. The molecule has 0 aliphatic heterocycles. The molecular weight excluding hydrogens is 434 g/mol. The van der Waals surface area contributed by atoms with Crippen LogP contribution in [0.3, 0.4) is 0 Å². The molecule has 0 bridgehead atoms. The van der Waals surface area contributed by atoms with Crippen molar-refractivity contribution in [1.29, 1.82) is 0 Å². The van der Waals surface area contributed by atoms with Crippen LogP contribution >= 0.6 is 11.3 Å². The minimum absolute atomic E-state index is 0.181. The van der Waals surface area contributed by atoms with E-state index in [1.165, 1.54) is 40.2 Å². The van der Waals surface area contributed by atoms with Crippen LogP contribution in [0.1, 0.15) is 68.1 Å². The highest BCUT2D eigenvalue weighted by atomic mass is 32.1. The van der Waals surface area contributed by atoms with Gasteiger partial charge in [0.15, 0.2) is 11.5 Å². The summed E-state index contributed by atoms with van der Waals surface area (Å²) in [5.41, 5.74) is 5.50. The third-order valence-electron chi connectivity index (χ3n) is 6.41. The van der Waals surface area contributed by atoms with Gasteiger partial charge in [0.1, 0.15) is 5.00 Å². The molecule has 170 valence electrons. The van der Waals surface area contributed by atoms with Crippen LogP contribution in [0.25, 0.3) is 11.3 Å². The Morgan fingerprint density at radius 3 is 2.67 bits per heavy atom. The van der Waals surface area contributed by atoms with Crippen molar-refractivity contribution in [3.8, 4) is 11.3 Å². The number of nitrogens with one attached hydrogen (secondary N) is 2. The number of thiophene rings is 1. The Balaban J connectivity index is 1.38. The van der Waals surface area contributed by atoms with Gasteiger partial charge in [0.25, 0.3) is 11.8 Å². The van der Waals surface area contributed by atoms with Gasteiger partial charge in [0.2, 0.25) is 0 Å². The van der Waals surface area contributed by atoms with Crippen molar-refractivity contribution in [1.82, 2.24) is 10.5 Å². The molecule has 2 aliphatic rings. The third kappa shape index (κ3) is 4.37. The second-order valence-corrected chi connectivity index (χ2v) is 9.74. The van der Waals surface area contributed by atoms with Gasteiger partial charge < -0.3 is 15.2 Å². The van der Waals surface area contributed by atoms with Crippen molar-refractivity contribution in [2.24, 2.45) is 0 Å². The molecule has 2 N–H and O–H groups in total. The number of amides is 2. The van der Waals surface area contributed by atoms with Crippen molar-refractivity contribution in [3.63, 3.8) is 0 Å². The summed E-state index contributed by atoms with van der Waals surface area (Å²) in [7, 11) is 0. The van der Waals surface area contributed by atoms with Crippen LogP contribution in [0.4, 0.5) is 5.00 Å². The number of aromatic nitrogens is 1. The number of rotatable bonds is 6. The van der Waals surface area contributed by atoms with E-state index >= 15 is 0 Å². The van der Waals surface area contributed by atoms with Gasteiger partial charge in [-0.2, -0.15) is 0 Å². The Labute approximate surface area is 197 Å². The van der Waals surface area contributed by atoms with E-state index in [0.717, 1.165) is 49.7 Å². The summed E-state index contributed by atoms with van der Waals surface area (Å²) in [5, 5.41) is 10.4. The molecule has 2 heterocycles. The molecule has 7 heteroatoms. The van der Waals surface area contributed by atoms with E-state index < -0.39 is 0 Å². The fourth-order valence-corrected chi connectivity index (χ4v) is 6.00. The topological polar surface area (TPSA) is 84.2 Å². The molecule has 1 aromatic carbocycles. The van der Waals surface area contributed by atoms with Gasteiger partial charge in [-0.3, -0.25) is 9.59 Å². The van der Waals surface area contributed by atoms with Gasteiger partial charge in [-0.15, -0.1) is 17.9 Å². The molecule has 0 saturated carbocycles. The largest absolute Gasteiger partial charge is 0.355 e. The highest BCUT2D eigenvalue weighted by Gasteiger charge is 2.27. The maximum absolute atomic E-state index is 13.0. The average Bonchev–Trinajstić information content (AvgIpc) is 3.47. The first kappa shape index (κ1) is 21.6. The van der Waals surface area contributed by atoms with E-state index in [1.54, 1.807) is 12.1 Å². The lowest BCUT2D eigenvalue weighted by molar-refractivity contribution is 0.0958. The van der Waals surface area contributed by atoms with Crippen molar-refractivity contribution < 1.29 is 14.1 Å². The normalized spacial score (nSPS) is 14.8. The molecule has 0 radical (unpaired) electrons. The number of hydrogen-bond acceptors (Lipinski definition) is 5. The van der Waals surface area contributed by atoms with Crippen molar-refractivity contribution in [3.05, 3.63) is 69.7 Å². The van der Waals surface area contributed by atoms with Crippen molar-refractivity contribution in [2.75, 3.05) is 11.9 Å². The summed E-state index contributed by atoms with van der Waals surface area (Å²) < 4.78 is 5.51. The maximum atomic E-state index is 13.0. The van der Waals surface area contributed by atoms with E-state index in [2.05, 4.69) is 34.5 Å². The second kappa shape index (κ2) is 9.35. The summed E-state index contributed by atoms with van der Waals surface area (Å²) in [6, 6.07) is 8.00. The lowest BCUT2D eigenvalue weighted by Gasteiger charge is -2.15. The number of carbonyl (C=O) groups excluding carboxylic acids is 2. The molecule has 0 atom stereocenters. The van der Waals surface area contributed by atoms with Gasteiger partial charge in [0, 0.05) is 23.1 Å². The van der Waals surface area contributed by atoms with Crippen LogP contribution in [-0.4, -0.2) is 23.5 Å². The molecule has 5 rings (SSSR count).